The Morgan fingerprint density at radius 2 is 2.21 bits per heavy atom. The van der Waals surface area contributed by atoms with Gasteiger partial charge >= 0.3 is 0 Å². The largest absolute Gasteiger partial charge is 0.340 e. The second-order valence-electron chi connectivity index (χ2n) is 4.29. The molecule has 0 radical (unpaired) electrons. The van der Waals surface area contributed by atoms with Gasteiger partial charge in [0.15, 0.2) is 0 Å². The Labute approximate surface area is 110 Å². The molecule has 2 amide bonds. The zero-order valence-corrected chi connectivity index (χ0v) is 10.3. The Kier molecular flexibility index (Phi) is 3.70. The fourth-order valence-electron chi connectivity index (χ4n) is 1.91. The number of benzene rings is 1. The Bertz CT molecular complexity index is 553. The summed E-state index contributed by atoms with van der Waals surface area (Å²) in [7, 11) is 0. The SMILES string of the molecule is C=C1CCC(NC(=O)c2ccccc2N=N)C(=O)N1. The molecule has 6 heteroatoms. The van der Waals surface area contributed by atoms with E-state index in [0.717, 1.165) is 0 Å². The molecule has 6 nitrogen and oxygen atoms in total. The molecule has 1 fully saturated rings. The van der Waals surface area contributed by atoms with Crippen molar-refractivity contribution in [2.75, 3.05) is 0 Å². The molecule has 1 aromatic rings. The van der Waals surface area contributed by atoms with Crippen LogP contribution < -0.4 is 10.6 Å². The first kappa shape index (κ1) is 12.9. The van der Waals surface area contributed by atoms with Crippen LogP contribution in [0.5, 0.6) is 0 Å². The van der Waals surface area contributed by atoms with Crippen molar-refractivity contribution >= 4 is 17.5 Å². The van der Waals surface area contributed by atoms with Gasteiger partial charge in [0, 0.05) is 5.70 Å². The molecule has 1 aliphatic heterocycles. The predicted octanol–water partition coefficient (Wildman–Crippen LogP) is 1.87. The summed E-state index contributed by atoms with van der Waals surface area (Å²) >= 11 is 0. The van der Waals surface area contributed by atoms with Gasteiger partial charge in [0.25, 0.3) is 5.91 Å². The minimum absolute atomic E-state index is 0.259. The highest BCUT2D eigenvalue weighted by Crippen LogP contribution is 2.19. The summed E-state index contributed by atoms with van der Waals surface area (Å²) in [5.74, 6) is -0.663. The smallest absolute Gasteiger partial charge is 0.254 e. The zero-order chi connectivity index (χ0) is 13.8. The maximum Gasteiger partial charge on any atom is 0.254 e. The Balaban J connectivity index is 2.11. The summed E-state index contributed by atoms with van der Waals surface area (Å²) in [5, 5.41) is 8.54. The number of amides is 2. The molecule has 98 valence electrons. The normalized spacial score (nSPS) is 18.6. The Morgan fingerprint density at radius 3 is 2.89 bits per heavy atom. The molecule has 1 unspecified atom stereocenters. The van der Waals surface area contributed by atoms with Crippen molar-refractivity contribution < 1.29 is 9.59 Å². The zero-order valence-electron chi connectivity index (χ0n) is 10.3. The summed E-state index contributed by atoms with van der Waals surface area (Å²) in [6.45, 7) is 3.68. The third-order valence-electron chi connectivity index (χ3n) is 2.93. The molecular weight excluding hydrogens is 244 g/mol. The fraction of sp³-hybridized carbons (Fsp3) is 0.231. The van der Waals surface area contributed by atoms with Crippen LogP contribution in [-0.2, 0) is 4.79 Å². The van der Waals surface area contributed by atoms with Gasteiger partial charge < -0.3 is 10.6 Å². The van der Waals surface area contributed by atoms with Gasteiger partial charge in [-0.15, -0.1) is 0 Å². The van der Waals surface area contributed by atoms with Crippen LogP contribution in [-0.4, -0.2) is 17.9 Å². The summed E-state index contributed by atoms with van der Waals surface area (Å²) in [6.07, 6.45) is 1.16. The minimum Gasteiger partial charge on any atom is -0.340 e. The van der Waals surface area contributed by atoms with Crippen molar-refractivity contribution in [1.82, 2.24) is 10.6 Å². The van der Waals surface area contributed by atoms with Gasteiger partial charge in [-0.25, -0.2) is 5.53 Å². The van der Waals surface area contributed by atoms with E-state index in [9.17, 15) is 9.59 Å². The van der Waals surface area contributed by atoms with E-state index < -0.39 is 11.9 Å². The van der Waals surface area contributed by atoms with Crippen LogP contribution in [0.1, 0.15) is 23.2 Å². The van der Waals surface area contributed by atoms with Crippen molar-refractivity contribution in [3.63, 3.8) is 0 Å². The lowest BCUT2D eigenvalue weighted by atomic mass is 10.0. The van der Waals surface area contributed by atoms with Crippen molar-refractivity contribution in [2.24, 2.45) is 5.11 Å². The van der Waals surface area contributed by atoms with Crippen LogP contribution in [0, 0.1) is 5.53 Å². The second-order valence-corrected chi connectivity index (χ2v) is 4.29. The second kappa shape index (κ2) is 5.43. The molecule has 0 aliphatic carbocycles. The first-order chi connectivity index (χ1) is 9.11. The van der Waals surface area contributed by atoms with Crippen molar-refractivity contribution in [1.29, 1.82) is 5.53 Å². The van der Waals surface area contributed by atoms with Gasteiger partial charge in [-0.1, -0.05) is 18.7 Å². The van der Waals surface area contributed by atoms with Crippen molar-refractivity contribution in [2.45, 2.75) is 18.9 Å². The number of hydrogen-bond acceptors (Lipinski definition) is 4. The lowest BCUT2D eigenvalue weighted by Crippen LogP contribution is -2.49. The van der Waals surface area contributed by atoms with Crippen LogP contribution in [0.2, 0.25) is 0 Å². The highest BCUT2D eigenvalue weighted by atomic mass is 16.2. The topological polar surface area (TPSA) is 94.4 Å². The fourth-order valence-corrected chi connectivity index (χ4v) is 1.91. The van der Waals surface area contributed by atoms with E-state index in [2.05, 4.69) is 22.3 Å². The molecule has 0 aromatic heterocycles. The van der Waals surface area contributed by atoms with Crippen molar-refractivity contribution in [3.8, 4) is 0 Å². The van der Waals surface area contributed by atoms with E-state index in [4.69, 9.17) is 5.53 Å². The number of piperidine rings is 1. The molecule has 0 saturated carbocycles. The summed E-state index contributed by atoms with van der Waals surface area (Å²) < 4.78 is 0. The molecule has 1 saturated heterocycles. The van der Waals surface area contributed by atoms with E-state index in [-0.39, 0.29) is 17.2 Å². The summed E-state index contributed by atoms with van der Waals surface area (Å²) in [4.78, 5) is 23.7. The monoisotopic (exact) mass is 258 g/mol. The standard InChI is InChI=1S/C13H14N4O2/c1-8-6-7-11(13(19)15-8)16-12(18)9-4-2-3-5-10(9)17-14/h2-5,11,14H,1,6-7H2,(H,15,19)(H,16,18). The first-order valence-electron chi connectivity index (χ1n) is 5.88. The van der Waals surface area contributed by atoms with Gasteiger partial charge in [-0.2, -0.15) is 5.11 Å². The maximum absolute atomic E-state index is 12.1. The van der Waals surface area contributed by atoms with Crippen LogP contribution in [0.15, 0.2) is 41.7 Å². The first-order valence-corrected chi connectivity index (χ1v) is 5.88. The van der Waals surface area contributed by atoms with Gasteiger partial charge in [0.05, 0.1) is 11.3 Å². The number of allylic oxidation sites excluding steroid dienone is 1. The van der Waals surface area contributed by atoms with Crippen LogP contribution in [0.3, 0.4) is 0 Å². The third kappa shape index (κ3) is 2.85. The third-order valence-corrected chi connectivity index (χ3v) is 2.93. The number of nitrogens with one attached hydrogen (secondary N) is 3. The molecular formula is C13H14N4O2. The summed E-state index contributed by atoms with van der Waals surface area (Å²) in [6, 6.07) is 5.96. The van der Waals surface area contributed by atoms with E-state index in [0.29, 0.717) is 18.5 Å². The van der Waals surface area contributed by atoms with Crippen molar-refractivity contribution in [3.05, 3.63) is 42.1 Å². The predicted molar refractivity (Wildman–Crippen MR) is 69.0 cm³/mol. The number of nitrogens with zero attached hydrogens (tertiary/aromatic N) is 1. The highest BCUT2D eigenvalue weighted by molar-refractivity contribution is 6.01. The molecule has 1 aromatic carbocycles. The minimum atomic E-state index is -0.572. The molecule has 1 aliphatic rings. The van der Waals surface area contributed by atoms with Gasteiger partial charge in [0.2, 0.25) is 5.91 Å². The van der Waals surface area contributed by atoms with E-state index in [1.165, 1.54) is 0 Å². The van der Waals surface area contributed by atoms with E-state index >= 15 is 0 Å². The van der Waals surface area contributed by atoms with Crippen LogP contribution >= 0.6 is 0 Å². The number of para-hydroxylation sites is 1. The molecule has 0 bridgehead atoms. The summed E-state index contributed by atoms with van der Waals surface area (Å²) in [5.41, 5.74) is 8.25. The highest BCUT2D eigenvalue weighted by Gasteiger charge is 2.26. The quantitative estimate of drug-likeness (QED) is 0.722. The van der Waals surface area contributed by atoms with Crippen LogP contribution in [0.4, 0.5) is 5.69 Å². The average molecular weight is 258 g/mol. The van der Waals surface area contributed by atoms with E-state index in [1.54, 1.807) is 24.3 Å². The number of carbonyl (C=O) groups excluding carboxylic acids is 2. The van der Waals surface area contributed by atoms with Gasteiger partial charge in [0.1, 0.15) is 6.04 Å². The molecule has 0 spiro atoms. The lowest BCUT2D eigenvalue weighted by molar-refractivity contribution is -0.123. The Morgan fingerprint density at radius 1 is 1.47 bits per heavy atom. The number of carbonyl (C=O) groups is 2. The lowest BCUT2D eigenvalue weighted by Gasteiger charge is -2.24. The molecule has 3 N–H and O–H groups in total. The molecule has 19 heavy (non-hydrogen) atoms. The molecule has 1 heterocycles. The number of hydrogen-bond donors (Lipinski definition) is 3. The number of rotatable bonds is 3. The molecule has 1 atom stereocenters. The van der Waals surface area contributed by atoms with Gasteiger partial charge in [-0.3, -0.25) is 9.59 Å². The molecule has 2 rings (SSSR count). The van der Waals surface area contributed by atoms with Crippen LogP contribution in [0.25, 0.3) is 0 Å². The average Bonchev–Trinajstić information content (AvgIpc) is 2.41. The Hall–Kier alpha value is -2.50. The van der Waals surface area contributed by atoms with Gasteiger partial charge in [-0.05, 0) is 25.0 Å². The maximum atomic E-state index is 12.1. The van der Waals surface area contributed by atoms with E-state index in [1.807, 2.05) is 0 Å².